The Morgan fingerprint density at radius 2 is 1.44 bits per heavy atom. The second kappa shape index (κ2) is 18.6. The molecule has 0 radical (unpaired) electrons. The second-order valence-electron chi connectivity index (χ2n) is 18.0. The summed E-state index contributed by atoms with van der Waals surface area (Å²) in [7, 11) is 13.5. The van der Waals surface area contributed by atoms with E-state index in [0.717, 1.165) is 56.9 Å². The molecule has 3 aliphatic heterocycles. The Balaban J connectivity index is 1.26. The molecule has 6 aliphatic rings. The van der Waals surface area contributed by atoms with Crippen molar-refractivity contribution in [2.75, 3.05) is 49.5 Å². The van der Waals surface area contributed by atoms with Crippen LogP contribution in [-0.2, 0) is 47.5 Å². The summed E-state index contributed by atoms with van der Waals surface area (Å²) in [5, 5.41) is 0. The van der Waals surface area contributed by atoms with Crippen molar-refractivity contribution in [2.24, 2.45) is 35.5 Å². The molecule has 0 aromatic carbocycles. The Labute approximate surface area is 330 Å². The lowest BCUT2D eigenvalue weighted by Crippen LogP contribution is -2.59. The maximum absolute atomic E-state index is 14.9. The summed E-state index contributed by atoms with van der Waals surface area (Å²) < 4.78 is 50.1. The molecule has 4 unspecified atom stereocenters. The van der Waals surface area contributed by atoms with Gasteiger partial charge in [-0.05, 0) is 129 Å². The highest BCUT2D eigenvalue weighted by Crippen LogP contribution is 2.57. The highest BCUT2D eigenvalue weighted by atomic mass is 16.7. The third kappa shape index (κ3) is 9.08. The number of cyclic esters (lactones) is 1. The molecule has 0 spiro atoms. The minimum Gasteiger partial charge on any atom is -0.462 e. The largest absolute Gasteiger partial charge is 0.462 e. The van der Waals surface area contributed by atoms with Crippen molar-refractivity contribution in [3.63, 3.8) is 0 Å². The van der Waals surface area contributed by atoms with Crippen LogP contribution < -0.4 is 0 Å². The van der Waals surface area contributed by atoms with E-state index >= 15 is 0 Å². The first-order valence-electron chi connectivity index (χ1n) is 21.3. The number of carbonyl (C=O) groups is 2. The number of allylic oxidation sites excluding steroid dienone is 2. The first-order valence-corrected chi connectivity index (χ1v) is 21.3. The van der Waals surface area contributed by atoms with Crippen LogP contribution in [0.15, 0.2) is 11.6 Å². The Bertz CT molecular complexity index is 1330. The van der Waals surface area contributed by atoms with E-state index in [9.17, 15) is 9.59 Å². The monoisotopic (exact) mass is 777 g/mol. The molecular formula is C43H72N2O10. The highest BCUT2D eigenvalue weighted by Gasteiger charge is 2.57. The number of ketones is 1. The fourth-order valence-corrected chi connectivity index (χ4v) is 11.5. The maximum atomic E-state index is 14.9. The van der Waals surface area contributed by atoms with Crippen LogP contribution in [0.1, 0.15) is 91.9 Å². The van der Waals surface area contributed by atoms with E-state index in [0.29, 0.717) is 18.4 Å². The van der Waals surface area contributed by atoms with E-state index in [1.54, 1.807) is 21.3 Å². The number of methoxy groups -OCH3 is 3. The lowest BCUT2D eigenvalue weighted by molar-refractivity contribution is -0.314. The quantitative estimate of drug-likeness (QED) is 0.270. The van der Waals surface area contributed by atoms with E-state index in [2.05, 4.69) is 57.9 Å². The zero-order valence-electron chi connectivity index (χ0n) is 35.5. The van der Waals surface area contributed by atoms with Gasteiger partial charge in [0.2, 0.25) is 0 Å². The van der Waals surface area contributed by atoms with Crippen molar-refractivity contribution in [1.82, 2.24) is 9.80 Å². The van der Waals surface area contributed by atoms with Gasteiger partial charge in [-0.15, -0.1) is 0 Å². The van der Waals surface area contributed by atoms with Crippen LogP contribution in [0.5, 0.6) is 0 Å². The summed E-state index contributed by atoms with van der Waals surface area (Å²) in [6.07, 6.45) is 7.25. The molecule has 314 valence electrons. The van der Waals surface area contributed by atoms with Crippen molar-refractivity contribution in [1.29, 1.82) is 0 Å². The minimum atomic E-state index is -0.599. The Kier molecular flexibility index (Phi) is 14.6. The number of fused-ring (bicyclic) bond motifs is 5. The van der Waals surface area contributed by atoms with Crippen molar-refractivity contribution >= 4 is 11.8 Å². The lowest BCUT2D eigenvalue weighted by Gasteiger charge is -2.46. The number of likely N-dealkylation sites (N-methyl/N-ethyl adjacent to an activating group) is 1. The number of rotatable bonds is 10. The fourth-order valence-electron chi connectivity index (χ4n) is 11.5. The first kappa shape index (κ1) is 43.1. The van der Waals surface area contributed by atoms with Crippen LogP contribution in [0.2, 0.25) is 0 Å². The van der Waals surface area contributed by atoms with Crippen molar-refractivity contribution in [3.8, 4) is 0 Å². The molecule has 18 atom stereocenters. The Hall–Kier alpha value is -1.48. The van der Waals surface area contributed by atoms with Gasteiger partial charge in [-0.3, -0.25) is 9.59 Å². The second-order valence-corrected chi connectivity index (χ2v) is 18.0. The van der Waals surface area contributed by atoms with Crippen LogP contribution in [0.3, 0.4) is 0 Å². The molecule has 0 aromatic heterocycles. The third-order valence-electron chi connectivity index (χ3n) is 14.4. The molecule has 12 heteroatoms. The molecule has 2 saturated carbocycles. The summed E-state index contributed by atoms with van der Waals surface area (Å²) in [6.45, 7) is 8.22. The van der Waals surface area contributed by atoms with Gasteiger partial charge in [0.1, 0.15) is 24.4 Å². The van der Waals surface area contributed by atoms with Gasteiger partial charge in [-0.1, -0.05) is 19.9 Å². The summed E-state index contributed by atoms with van der Waals surface area (Å²) in [5.74, 6) is 0.309. The highest BCUT2D eigenvalue weighted by molar-refractivity contribution is 5.99. The van der Waals surface area contributed by atoms with Crippen LogP contribution in [0, 0.1) is 35.5 Å². The first-order chi connectivity index (χ1) is 26.3. The molecule has 0 aromatic rings. The maximum Gasteiger partial charge on any atom is 0.306 e. The number of Topliss-reactive ketones (excluding diaryl/α,β-unsaturated/α-hetero) is 1. The Morgan fingerprint density at radius 3 is 2.07 bits per heavy atom. The number of ether oxygens (including phenoxy) is 8. The van der Waals surface area contributed by atoms with E-state index in [1.165, 1.54) is 0 Å². The smallest absolute Gasteiger partial charge is 0.306 e. The average Bonchev–Trinajstić information content (AvgIpc) is 3.73. The van der Waals surface area contributed by atoms with Gasteiger partial charge in [0.25, 0.3) is 0 Å². The number of hydrogen-bond donors (Lipinski definition) is 0. The fraction of sp³-hybridized carbons (Fsp3) is 0.907. The predicted octanol–water partition coefficient (Wildman–Crippen LogP) is 5.25. The van der Waals surface area contributed by atoms with E-state index in [1.807, 2.05) is 13.8 Å². The molecule has 6 rings (SSSR count). The zero-order valence-corrected chi connectivity index (χ0v) is 35.5. The number of nitrogens with zero attached hydrogens (tertiary/aromatic N) is 2. The van der Waals surface area contributed by atoms with E-state index in [4.69, 9.17) is 37.9 Å². The van der Waals surface area contributed by atoms with Crippen LogP contribution in [0.4, 0.5) is 0 Å². The topological polar surface area (TPSA) is 114 Å². The van der Waals surface area contributed by atoms with Crippen LogP contribution in [-0.4, -0.2) is 145 Å². The SMILES string of the molecule is CC[C@H]1CCC[C@H](O[C@H]2CC[C@H](N(C)C)C(C)O2)[C@@H](C)C(=O)C2=C[C@@H]3[C@@H](CC(N(C)C)[C@@H]4C[C@@H](O[C@@H]5OC(C)[C@H](OC)C(OC)[C@@H]5OC)C[C@@H]34)[C@@H]2CC(=O)O1. The predicted molar refractivity (Wildman–Crippen MR) is 207 cm³/mol. The Morgan fingerprint density at radius 1 is 0.745 bits per heavy atom. The molecular weight excluding hydrogens is 704 g/mol. The van der Waals surface area contributed by atoms with Gasteiger partial charge in [0, 0.05) is 45.2 Å². The average molecular weight is 777 g/mol. The van der Waals surface area contributed by atoms with Gasteiger partial charge >= 0.3 is 5.97 Å². The number of hydrogen-bond acceptors (Lipinski definition) is 12. The zero-order chi connectivity index (χ0) is 39.7. The molecule has 3 aliphatic carbocycles. The number of esters is 1. The van der Waals surface area contributed by atoms with Crippen LogP contribution in [0.25, 0.3) is 0 Å². The van der Waals surface area contributed by atoms with Crippen molar-refractivity contribution in [2.45, 2.75) is 165 Å². The van der Waals surface area contributed by atoms with E-state index in [-0.39, 0.29) is 103 Å². The molecule has 3 saturated heterocycles. The van der Waals surface area contributed by atoms with Gasteiger partial charge in [-0.2, -0.15) is 0 Å². The molecule has 5 fully saturated rings. The van der Waals surface area contributed by atoms with Crippen molar-refractivity contribution < 1.29 is 47.5 Å². The third-order valence-corrected chi connectivity index (χ3v) is 14.4. The summed E-state index contributed by atoms with van der Waals surface area (Å²) in [6, 6.07) is 0.617. The summed E-state index contributed by atoms with van der Waals surface area (Å²) in [5.41, 5.74) is 0.798. The van der Waals surface area contributed by atoms with Crippen molar-refractivity contribution in [3.05, 3.63) is 11.6 Å². The van der Waals surface area contributed by atoms with Gasteiger partial charge in [-0.25, -0.2) is 0 Å². The molecule has 0 N–H and O–H groups in total. The number of carbonyl (C=O) groups excluding carboxylic acids is 2. The molecule has 55 heavy (non-hydrogen) atoms. The van der Waals surface area contributed by atoms with Gasteiger partial charge in [0.05, 0.1) is 30.8 Å². The minimum absolute atomic E-state index is 0.0360. The molecule has 12 nitrogen and oxygen atoms in total. The normalized spacial score (nSPS) is 45.7. The van der Waals surface area contributed by atoms with Gasteiger partial charge in [0.15, 0.2) is 18.4 Å². The van der Waals surface area contributed by atoms with Crippen LogP contribution >= 0.6 is 0 Å². The molecule has 3 heterocycles. The van der Waals surface area contributed by atoms with E-state index < -0.39 is 12.4 Å². The standard InChI is InChI=1S/C43H72N2O10/c1-12-26-14-13-15-36(55-38-17-16-34(44(5)6)24(3)51-38)23(2)39(47)33-20-29-28-18-27(54-43-42(50-11)41(49-10)40(48-9)25(4)52-43)19-32(28)35(45(7)8)21-30(29)31(33)22-37(46)53-26/h20,23-32,34-36,38,40-43H,12-19,21-22H2,1-11H3/t23-,24?,25?,26+,27+,28+,29+,30-,31+,32-,34+,35?,36+,38+,40+,41?,42+,43+/m1/s1. The van der Waals surface area contributed by atoms with Gasteiger partial charge < -0.3 is 47.7 Å². The molecule has 0 amide bonds. The summed E-state index contributed by atoms with van der Waals surface area (Å²) >= 11 is 0. The summed E-state index contributed by atoms with van der Waals surface area (Å²) in [4.78, 5) is 33.2. The lowest BCUT2D eigenvalue weighted by atomic mass is 9.64. The molecule has 0 bridgehead atoms.